The number of hydrogen-bond acceptors (Lipinski definition) is 4. The van der Waals surface area contributed by atoms with Crippen LogP contribution in [0.15, 0.2) is 36.5 Å². The third kappa shape index (κ3) is 7.67. The van der Waals surface area contributed by atoms with Gasteiger partial charge >= 0.3 is 5.97 Å². The molecular formula is C21H32O5. The van der Waals surface area contributed by atoms with Crippen LogP contribution in [0.2, 0.25) is 0 Å². The highest BCUT2D eigenvalue weighted by atomic mass is 16.5. The number of allylic oxidation sites excluding steroid dienone is 5. The van der Waals surface area contributed by atoms with Crippen molar-refractivity contribution in [3.05, 3.63) is 36.5 Å². The van der Waals surface area contributed by atoms with E-state index in [0.29, 0.717) is 32.5 Å². The van der Waals surface area contributed by atoms with Crippen LogP contribution in [0.3, 0.4) is 0 Å². The first-order chi connectivity index (χ1) is 12.3. The van der Waals surface area contributed by atoms with Crippen LogP contribution in [-0.2, 0) is 14.3 Å². The Kier molecular flexibility index (Phi) is 9.52. The Hall–Kier alpha value is -1.72. The standard InChI is InChI=1S/C21H32O5/c1-4-26-15-21(2,3)19(23)14-12-16-11-13-18(22)17(16)9-7-5-6-8-10-20(24)25/h5,7,11-14,16-17,19,23H,4,6,8-10,15H2,1-3H3,(H,24,25)/b7-5-,14-12+/t16-,17-,19-/m1/s1. The van der Waals surface area contributed by atoms with Gasteiger partial charge in [-0.1, -0.05) is 44.2 Å². The Morgan fingerprint density at radius 2 is 2.12 bits per heavy atom. The minimum atomic E-state index is -0.787. The van der Waals surface area contributed by atoms with Gasteiger partial charge in [0, 0.05) is 30.3 Å². The van der Waals surface area contributed by atoms with Gasteiger partial charge in [-0.15, -0.1) is 0 Å². The second-order valence-corrected chi connectivity index (χ2v) is 7.39. The molecule has 5 heteroatoms. The topological polar surface area (TPSA) is 83.8 Å². The Bertz CT molecular complexity index is 545. The molecule has 1 rings (SSSR count). The summed E-state index contributed by atoms with van der Waals surface area (Å²) in [5.41, 5.74) is -0.390. The number of unbranched alkanes of at least 4 members (excludes halogenated alkanes) is 1. The third-order valence-corrected chi connectivity index (χ3v) is 4.63. The lowest BCUT2D eigenvalue weighted by molar-refractivity contribution is -0.137. The van der Waals surface area contributed by atoms with Gasteiger partial charge in [0.1, 0.15) is 0 Å². The lowest BCUT2D eigenvalue weighted by Gasteiger charge is -2.28. The molecule has 0 heterocycles. The number of aliphatic hydroxyl groups is 1. The lowest BCUT2D eigenvalue weighted by atomic mass is 9.85. The summed E-state index contributed by atoms with van der Waals surface area (Å²) in [7, 11) is 0. The van der Waals surface area contributed by atoms with Crippen LogP contribution in [0.4, 0.5) is 0 Å². The van der Waals surface area contributed by atoms with E-state index in [-0.39, 0.29) is 24.0 Å². The smallest absolute Gasteiger partial charge is 0.303 e. The molecule has 0 unspecified atom stereocenters. The van der Waals surface area contributed by atoms with E-state index >= 15 is 0 Å². The van der Waals surface area contributed by atoms with Crippen LogP contribution >= 0.6 is 0 Å². The maximum atomic E-state index is 12.1. The van der Waals surface area contributed by atoms with Crippen molar-refractivity contribution in [3.63, 3.8) is 0 Å². The first-order valence-corrected chi connectivity index (χ1v) is 9.31. The van der Waals surface area contributed by atoms with Crippen LogP contribution in [0, 0.1) is 17.3 Å². The second-order valence-electron chi connectivity index (χ2n) is 7.39. The molecule has 26 heavy (non-hydrogen) atoms. The van der Waals surface area contributed by atoms with Gasteiger partial charge in [-0.05, 0) is 32.3 Å². The molecule has 0 aromatic heterocycles. The first kappa shape index (κ1) is 22.3. The predicted octanol–water partition coefficient (Wildman–Crippen LogP) is 3.54. The molecule has 1 aliphatic rings. The van der Waals surface area contributed by atoms with Crippen molar-refractivity contribution in [2.75, 3.05) is 13.2 Å². The van der Waals surface area contributed by atoms with Crippen molar-refractivity contribution < 1.29 is 24.5 Å². The van der Waals surface area contributed by atoms with E-state index in [1.165, 1.54) is 0 Å². The number of aliphatic carboxylic acids is 1. The van der Waals surface area contributed by atoms with Crippen LogP contribution in [0.25, 0.3) is 0 Å². The molecule has 5 nitrogen and oxygen atoms in total. The Morgan fingerprint density at radius 3 is 2.77 bits per heavy atom. The quantitative estimate of drug-likeness (QED) is 0.409. The number of carbonyl (C=O) groups is 2. The molecule has 0 saturated carbocycles. The minimum absolute atomic E-state index is 0.0243. The average Bonchev–Trinajstić information content (AvgIpc) is 2.93. The molecular weight excluding hydrogens is 332 g/mol. The van der Waals surface area contributed by atoms with E-state index in [1.807, 2.05) is 45.1 Å². The fourth-order valence-electron chi connectivity index (χ4n) is 2.80. The van der Waals surface area contributed by atoms with Gasteiger partial charge in [0.25, 0.3) is 0 Å². The molecule has 0 fully saturated rings. The lowest BCUT2D eigenvalue weighted by Crippen LogP contribution is -2.32. The zero-order chi connectivity index (χ0) is 19.6. The van der Waals surface area contributed by atoms with E-state index in [1.54, 1.807) is 12.2 Å². The highest BCUT2D eigenvalue weighted by Crippen LogP contribution is 2.29. The van der Waals surface area contributed by atoms with Crippen molar-refractivity contribution in [1.29, 1.82) is 0 Å². The number of carboxylic acids is 1. The molecule has 0 aliphatic heterocycles. The van der Waals surface area contributed by atoms with Gasteiger partial charge in [-0.3, -0.25) is 9.59 Å². The number of aliphatic hydroxyl groups excluding tert-OH is 1. The van der Waals surface area contributed by atoms with Gasteiger partial charge < -0.3 is 14.9 Å². The first-order valence-electron chi connectivity index (χ1n) is 9.31. The van der Waals surface area contributed by atoms with Crippen molar-refractivity contribution >= 4 is 11.8 Å². The van der Waals surface area contributed by atoms with E-state index in [4.69, 9.17) is 9.84 Å². The molecule has 0 bridgehead atoms. The summed E-state index contributed by atoms with van der Waals surface area (Å²) in [6.45, 7) is 6.90. The summed E-state index contributed by atoms with van der Waals surface area (Å²) in [6, 6.07) is 0. The molecule has 146 valence electrons. The predicted molar refractivity (Wildman–Crippen MR) is 102 cm³/mol. The molecule has 0 amide bonds. The summed E-state index contributed by atoms with van der Waals surface area (Å²) in [4.78, 5) is 22.5. The maximum Gasteiger partial charge on any atom is 0.303 e. The fraction of sp³-hybridized carbons (Fsp3) is 0.619. The summed E-state index contributed by atoms with van der Waals surface area (Å²) < 4.78 is 5.42. The van der Waals surface area contributed by atoms with Crippen LogP contribution < -0.4 is 0 Å². The number of ketones is 1. The Morgan fingerprint density at radius 1 is 1.38 bits per heavy atom. The third-order valence-electron chi connectivity index (χ3n) is 4.63. The van der Waals surface area contributed by atoms with Gasteiger partial charge in [0.2, 0.25) is 0 Å². The van der Waals surface area contributed by atoms with Crippen molar-refractivity contribution in [3.8, 4) is 0 Å². The second kappa shape index (κ2) is 11.1. The SMILES string of the molecule is CCOCC(C)(C)[C@H](O)/C=C/[C@H]1C=CC(=O)[C@@H]1C/C=C\CCCC(=O)O. The van der Waals surface area contributed by atoms with Crippen molar-refractivity contribution in [1.82, 2.24) is 0 Å². The summed E-state index contributed by atoms with van der Waals surface area (Å²) in [5, 5.41) is 19.0. The zero-order valence-electron chi connectivity index (χ0n) is 16.1. The van der Waals surface area contributed by atoms with Crippen LogP contribution in [0.1, 0.15) is 46.5 Å². The van der Waals surface area contributed by atoms with Gasteiger partial charge in [-0.25, -0.2) is 0 Å². The maximum absolute atomic E-state index is 12.1. The van der Waals surface area contributed by atoms with Crippen molar-refractivity contribution in [2.45, 2.75) is 52.6 Å². The van der Waals surface area contributed by atoms with Crippen LogP contribution in [0.5, 0.6) is 0 Å². The summed E-state index contributed by atoms with van der Waals surface area (Å²) in [6.07, 6.45) is 12.5. The normalized spacial score (nSPS) is 21.9. The summed E-state index contributed by atoms with van der Waals surface area (Å²) >= 11 is 0. The molecule has 2 N–H and O–H groups in total. The molecule has 3 atom stereocenters. The van der Waals surface area contributed by atoms with Crippen molar-refractivity contribution in [2.24, 2.45) is 17.3 Å². The fourth-order valence-corrected chi connectivity index (χ4v) is 2.80. The van der Waals surface area contributed by atoms with E-state index in [0.717, 1.165) is 0 Å². The number of rotatable bonds is 12. The van der Waals surface area contributed by atoms with E-state index in [2.05, 4.69) is 0 Å². The number of carboxylic acid groups (broad SMARTS) is 1. The zero-order valence-corrected chi connectivity index (χ0v) is 16.1. The van der Waals surface area contributed by atoms with Crippen LogP contribution in [-0.4, -0.2) is 41.3 Å². The van der Waals surface area contributed by atoms with E-state index < -0.39 is 17.5 Å². The van der Waals surface area contributed by atoms with E-state index in [9.17, 15) is 14.7 Å². The number of ether oxygens (including phenoxy) is 1. The number of carbonyl (C=O) groups excluding carboxylic acids is 1. The monoisotopic (exact) mass is 364 g/mol. The van der Waals surface area contributed by atoms with Gasteiger partial charge in [0.05, 0.1) is 12.7 Å². The molecule has 0 aromatic carbocycles. The molecule has 0 radical (unpaired) electrons. The minimum Gasteiger partial charge on any atom is -0.481 e. The highest BCUT2D eigenvalue weighted by molar-refractivity contribution is 5.95. The molecule has 0 saturated heterocycles. The molecule has 1 aliphatic carbocycles. The molecule has 0 aromatic rings. The average molecular weight is 364 g/mol. The summed E-state index contributed by atoms with van der Waals surface area (Å²) in [5.74, 6) is -0.865. The Labute approximate surface area is 156 Å². The molecule has 0 spiro atoms. The largest absolute Gasteiger partial charge is 0.481 e. The Balaban J connectivity index is 2.54. The highest BCUT2D eigenvalue weighted by Gasteiger charge is 2.29. The van der Waals surface area contributed by atoms with Gasteiger partial charge in [0.15, 0.2) is 5.78 Å². The van der Waals surface area contributed by atoms with Gasteiger partial charge in [-0.2, -0.15) is 0 Å². The number of hydrogen-bond donors (Lipinski definition) is 2.